The van der Waals surface area contributed by atoms with E-state index in [1.54, 1.807) is 0 Å². The smallest absolute Gasteiger partial charge is 0.143 e. The molecule has 25 heavy (non-hydrogen) atoms. The van der Waals surface area contributed by atoms with E-state index in [0.717, 1.165) is 49.5 Å². The number of benzene rings is 2. The third-order valence-electron chi connectivity index (χ3n) is 5.68. The first-order valence-corrected chi connectivity index (χ1v) is 9.71. The summed E-state index contributed by atoms with van der Waals surface area (Å²) in [6.07, 6.45) is 2.26. The summed E-state index contributed by atoms with van der Waals surface area (Å²) in [5.74, 6) is 1.53. The molecule has 0 radical (unpaired) electrons. The second kappa shape index (κ2) is 6.08. The van der Waals surface area contributed by atoms with Crippen molar-refractivity contribution in [3.8, 4) is 16.9 Å². The van der Waals surface area contributed by atoms with Gasteiger partial charge in [0.1, 0.15) is 5.75 Å². The van der Waals surface area contributed by atoms with E-state index in [2.05, 4.69) is 22.3 Å². The van der Waals surface area contributed by atoms with Crippen molar-refractivity contribution in [3.63, 3.8) is 0 Å². The van der Waals surface area contributed by atoms with Gasteiger partial charge in [-0.1, -0.05) is 29.3 Å². The number of hydrogen-bond donors (Lipinski definition) is 1. The summed E-state index contributed by atoms with van der Waals surface area (Å²) in [5, 5.41) is 4.91. The Morgan fingerprint density at radius 2 is 2.08 bits per heavy atom. The number of nitrogens with zero attached hydrogens (tertiary/aromatic N) is 1. The molecule has 1 fully saturated rings. The van der Waals surface area contributed by atoms with Gasteiger partial charge in [-0.25, -0.2) is 0 Å². The van der Waals surface area contributed by atoms with Gasteiger partial charge in [-0.2, -0.15) is 0 Å². The molecule has 2 aromatic rings. The van der Waals surface area contributed by atoms with Gasteiger partial charge in [0.2, 0.25) is 0 Å². The maximum Gasteiger partial charge on any atom is 0.143 e. The highest BCUT2D eigenvalue weighted by Gasteiger charge is 2.42. The predicted molar refractivity (Wildman–Crippen MR) is 103 cm³/mol. The molecular formula is C20H20Cl2N2O. The van der Waals surface area contributed by atoms with Crippen LogP contribution in [0.4, 0.5) is 5.69 Å². The minimum absolute atomic E-state index is 0.523. The summed E-state index contributed by atoms with van der Waals surface area (Å²) in [4.78, 5) is 2.59. The fourth-order valence-electron chi connectivity index (χ4n) is 4.60. The van der Waals surface area contributed by atoms with E-state index < -0.39 is 0 Å². The van der Waals surface area contributed by atoms with E-state index in [0.29, 0.717) is 22.0 Å². The summed E-state index contributed by atoms with van der Waals surface area (Å²) in [6.45, 7) is 3.99. The SMILES string of the molecule is Clc1ccc(-c2cc3c4c(c2)[C@@H]2CNCC[C@@H]2N4CCCO3)c(Cl)c1. The lowest BCUT2D eigenvalue weighted by Crippen LogP contribution is -2.44. The topological polar surface area (TPSA) is 24.5 Å². The van der Waals surface area contributed by atoms with Crippen molar-refractivity contribution in [1.29, 1.82) is 0 Å². The van der Waals surface area contributed by atoms with Gasteiger partial charge in [-0.3, -0.25) is 0 Å². The Morgan fingerprint density at radius 1 is 1.16 bits per heavy atom. The normalized spacial score (nSPS) is 24.3. The van der Waals surface area contributed by atoms with Crippen molar-refractivity contribution in [3.05, 3.63) is 45.9 Å². The van der Waals surface area contributed by atoms with E-state index in [9.17, 15) is 0 Å². The van der Waals surface area contributed by atoms with Gasteiger partial charge in [-0.05, 0) is 54.8 Å². The molecule has 130 valence electrons. The second-order valence-electron chi connectivity index (χ2n) is 7.10. The largest absolute Gasteiger partial charge is 0.491 e. The standard InChI is InChI=1S/C20H20Cl2N2O/c21-13-2-3-14(17(22)10-13)12-8-15-16-11-23-5-4-18(16)24-6-1-7-25-19(9-12)20(15)24/h2-3,8-10,16,18,23H,1,4-7,11H2/t16-,18-/m0/s1. The van der Waals surface area contributed by atoms with Crippen LogP contribution in [0.3, 0.4) is 0 Å². The first-order valence-electron chi connectivity index (χ1n) is 8.96. The summed E-state index contributed by atoms with van der Waals surface area (Å²) >= 11 is 12.5. The van der Waals surface area contributed by atoms with E-state index >= 15 is 0 Å². The van der Waals surface area contributed by atoms with Gasteiger partial charge < -0.3 is 15.0 Å². The molecule has 2 aromatic carbocycles. The van der Waals surface area contributed by atoms with Crippen LogP contribution in [-0.4, -0.2) is 32.3 Å². The minimum atomic E-state index is 0.523. The lowest BCUT2D eigenvalue weighted by molar-refractivity contribution is 0.319. The number of piperidine rings is 1. The lowest BCUT2D eigenvalue weighted by Gasteiger charge is -2.33. The molecule has 0 aliphatic carbocycles. The molecule has 0 unspecified atom stereocenters. The lowest BCUT2D eigenvalue weighted by atomic mass is 9.88. The van der Waals surface area contributed by atoms with Crippen LogP contribution in [0.15, 0.2) is 30.3 Å². The first kappa shape index (κ1) is 15.8. The van der Waals surface area contributed by atoms with Crippen LogP contribution < -0.4 is 15.0 Å². The van der Waals surface area contributed by atoms with E-state index in [-0.39, 0.29) is 0 Å². The Labute approximate surface area is 157 Å². The molecule has 3 nitrogen and oxygen atoms in total. The summed E-state index contributed by atoms with van der Waals surface area (Å²) in [5.41, 5.74) is 4.84. The van der Waals surface area contributed by atoms with E-state index in [1.807, 2.05) is 18.2 Å². The van der Waals surface area contributed by atoms with Crippen molar-refractivity contribution in [2.45, 2.75) is 24.8 Å². The Kier molecular flexibility index (Phi) is 3.85. The highest BCUT2D eigenvalue weighted by molar-refractivity contribution is 6.36. The molecule has 0 spiro atoms. The maximum atomic E-state index is 6.47. The Balaban J connectivity index is 1.69. The molecule has 3 aliphatic heterocycles. The van der Waals surface area contributed by atoms with E-state index in [4.69, 9.17) is 27.9 Å². The quantitative estimate of drug-likeness (QED) is 0.782. The third kappa shape index (κ3) is 2.52. The summed E-state index contributed by atoms with van der Waals surface area (Å²) in [7, 11) is 0. The summed E-state index contributed by atoms with van der Waals surface area (Å²) in [6, 6.07) is 10.8. The van der Waals surface area contributed by atoms with Gasteiger partial charge in [-0.15, -0.1) is 0 Å². The van der Waals surface area contributed by atoms with Gasteiger partial charge in [0, 0.05) is 40.7 Å². The van der Waals surface area contributed by atoms with Crippen molar-refractivity contribution in [2.24, 2.45) is 0 Å². The van der Waals surface area contributed by atoms with Crippen molar-refractivity contribution in [1.82, 2.24) is 5.32 Å². The molecular weight excluding hydrogens is 355 g/mol. The molecule has 0 amide bonds. The maximum absolute atomic E-state index is 6.47. The molecule has 5 rings (SSSR count). The van der Waals surface area contributed by atoms with Crippen LogP contribution in [0, 0.1) is 0 Å². The van der Waals surface area contributed by atoms with Crippen LogP contribution in [0.5, 0.6) is 5.75 Å². The third-order valence-corrected chi connectivity index (χ3v) is 6.23. The Hall–Kier alpha value is -1.42. The zero-order chi connectivity index (χ0) is 17.0. The number of hydrogen-bond acceptors (Lipinski definition) is 3. The first-order chi connectivity index (χ1) is 12.2. The predicted octanol–water partition coefficient (Wildman–Crippen LogP) is 4.71. The van der Waals surface area contributed by atoms with Crippen LogP contribution in [0.25, 0.3) is 11.1 Å². The molecule has 1 saturated heterocycles. The summed E-state index contributed by atoms with van der Waals surface area (Å²) < 4.78 is 6.14. The number of fused-ring (bicyclic) bond motifs is 3. The zero-order valence-electron chi connectivity index (χ0n) is 13.9. The van der Waals surface area contributed by atoms with Crippen LogP contribution in [0.1, 0.15) is 24.3 Å². The van der Waals surface area contributed by atoms with Gasteiger partial charge in [0.05, 0.1) is 12.3 Å². The average Bonchev–Trinajstić information content (AvgIpc) is 2.77. The number of anilines is 1. The average molecular weight is 375 g/mol. The van der Waals surface area contributed by atoms with Gasteiger partial charge in [0.25, 0.3) is 0 Å². The molecule has 2 atom stereocenters. The molecule has 0 aromatic heterocycles. The van der Waals surface area contributed by atoms with Crippen molar-refractivity contribution >= 4 is 28.9 Å². The number of nitrogens with one attached hydrogen (secondary N) is 1. The number of rotatable bonds is 1. The number of ether oxygens (including phenoxy) is 1. The Bertz CT molecular complexity index is 839. The fraction of sp³-hybridized carbons (Fsp3) is 0.400. The minimum Gasteiger partial charge on any atom is -0.491 e. The number of halogens is 2. The van der Waals surface area contributed by atoms with Crippen LogP contribution in [-0.2, 0) is 0 Å². The zero-order valence-corrected chi connectivity index (χ0v) is 15.4. The molecule has 3 aliphatic rings. The van der Waals surface area contributed by atoms with Crippen LogP contribution >= 0.6 is 23.2 Å². The monoisotopic (exact) mass is 374 g/mol. The van der Waals surface area contributed by atoms with Crippen LogP contribution in [0.2, 0.25) is 10.0 Å². The molecule has 3 heterocycles. The fourth-order valence-corrected chi connectivity index (χ4v) is 5.12. The highest BCUT2D eigenvalue weighted by Crippen LogP contribution is 2.51. The van der Waals surface area contributed by atoms with Gasteiger partial charge >= 0.3 is 0 Å². The molecule has 0 bridgehead atoms. The molecule has 5 heteroatoms. The highest BCUT2D eigenvalue weighted by atomic mass is 35.5. The molecule has 1 N–H and O–H groups in total. The second-order valence-corrected chi connectivity index (χ2v) is 7.94. The Morgan fingerprint density at radius 3 is 2.96 bits per heavy atom. The van der Waals surface area contributed by atoms with Gasteiger partial charge in [0.15, 0.2) is 0 Å². The van der Waals surface area contributed by atoms with Crippen molar-refractivity contribution < 1.29 is 4.74 Å². The molecule has 0 saturated carbocycles. The van der Waals surface area contributed by atoms with Crippen molar-refractivity contribution in [2.75, 3.05) is 31.1 Å². The van der Waals surface area contributed by atoms with E-state index in [1.165, 1.54) is 17.7 Å².